The average molecular weight is 293 g/mol. The molecule has 0 bridgehead atoms. The van der Waals surface area contributed by atoms with Gasteiger partial charge in [0.15, 0.2) is 0 Å². The van der Waals surface area contributed by atoms with Crippen molar-refractivity contribution in [1.82, 2.24) is 15.6 Å². The normalized spacial score (nSPS) is 11.8. The summed E-state index contributed by atoms with van der Waals surface area (Å²) < 4.78 is 0. The van der Waals surface area contributed by atoms with Gasteiger partial charge in [0.25, 0.3) is 5.91 Å². The van der Waals surface area contributed by atoms with Gasteiger partial charge in [0.05, 0.1) is 6.54 Å². The van der Waals surface area contributed by atoms with E-state index in [1.165, 1.54) is 24.5 Å². The van der Waals surface area contributed by atoms with Gasteiger partial charge in [-0.15, -0.1) is 0 Å². The zero-order chi connectivity index (χ0) is 15.8. The molecule has 1 atom stereocenters. The highest BCUT2D eigenvalue weighted by molar-refractivity contribution is 5.96. The fourth-order valence-electron chi connectivity index (χ4n) is 1.70. The van der Waals surface area contributed by atoms with Gasteiger partial charge in [0.2, 0.25) is 5.91 Å². The highest BCUT2D eigenvalue weighted by Gasteiger charge is 2.21. The molecule has 21 heavy (non-hydrogen) atoms. The number of carbonyl (C=O) groups is 3. The number of hydrogen-bond acceptors (Lipinski definition) is 4. The number of rotatable bonds is 7. The molecule has 7 heteroatoms. The number of hydrogen-bond donors (Lipinski definition) is 3. The van der Waals surface area contributed by atoms with E-state index in [0.29, 0.717) is 12.0 Å². The Morgan fingerprint density at radius 1 is 1.24 bits per heavy atom. The number of carboxylic acids is 1. The Bertz CT molecular complexity index is 502. The van der Waals surface area contributed by atoms with E-state index < -0.39 is 23.8 Å². The average Bonchev–Trinajstić information content (AvgIpc) is 2.44. The fourth-order valence-corrected chi connectivity index (χ4v) is 1.70. The summed E-state index contributed by atoms with van der Waals surface area (Å²) in [5, 5.41) is 13.8. The van der Waals surface area contributed by atoms with Crippen LogP contribution in [0.25, 0.3) is 0 Å². The van der Waals surface area contributed by atoms with Crippen LogP contribution in [-0.4, -0.2) is 40.5 Å². The molecule has 7 nitrogen and oxygen atoms in total. The Kier molecular flexibility index (Phi) is 6.32. The molecule has 3 N–H and O–H groups in total. The quantitative estimate of drug-likeness (QED) is 0.675. The third kappa shape index (κ3) is 6.03. The molecule has 1 rings (SSSR count). The number of aliphatic carboxylic acids is 1. The van der Waals surface area contributed by atoms with Crippen molar-refractivity contribution in [3.05, 3.63) is 30.1 Å². The van der Waals surface area contributed by atoms with Gasteiger partial charge in [-0.3, -0.25) is 14.6 Å². The SMILES string of the molecule is CC(C)C[C@H](NC(=O)CNC(=O)c1ccncc1)C(=O)O. The van der Waals surface area contributed by atoms with Gasteiger partial charge in [-0.2, -0.15) is 0 Å². The van der Waals surface area contributed by atoms with Crippen molar-refractivity contribution in [2.75, 3.05) is 6.54 Å². The second kappa shape index (κ2) is 7.98. The van der Waals surface area contributed by atoms with Crippen molar-refractivity contribution in [3.8, 4) is 0 Å². The van der Waals surface area contributed by atoms with Gasteiger partial charge in [0.1, 0.15) is 6.04 Å². The molecule has 0 aliphatic heterocycles. The second-order valence-electron chi connectivity index (χ2n) is 5.01. The largest absolute Gasteiger partial charge is 0.480 e. The number of carboxylic acid groups (broad SMARTS) is 1. The summed E-state index contributed by atoms with van der Waals surface area (Å²) in [7, 11) is 0. The summed E-state index contributed by atoms with van der Waals surface area (Å²) >= 11 is 0. The van der Waals surface area contributed by atoms with Crippen LogP contribution >= 0.6 is 0 Å². The molecule has 0 fully saturated rings. The predicted octanol–water partition coefficient (Wildman–Crippen LogP) is 0.427. The first kappa shape index (κ1) is 16.6. The summed E-state index contributed by atoms with van der Waals surface area (Å²) in [5.41, 5.74) is 0.384. The van der Waals surface area contributed by atoms with Crippen molar-refractivity contribution in [2.45, 2.75) is 26.3 Å². The van der Waals surface area contributed by atoms with E-state index in [-0.39, 0.29) is 12.5 Å². The standard InChI is InChI=1S/C14H19N3O4/c1-9(2)7-11(14(20)21)17-12(18)8-16-13(19)10-3-5-15-6-4-10/h3-6,9,11H,7-8H2,1-2H3,(H,16,19)(H,17,18)(H,20,21)/t11-/m0/s1. The molecule has 1 aromatic heterocycles. The van der Waals surface area contributed by atoms with E-state index in [1.807, 2.05) is 13.8 Å². The first-order valence-electron chi connectivity index (χ1n) is 6.60. The zero-order valence-corrected chi connectivity index (χ0v) is 12.0. The molecule has 0 saturated heterocycles. The summed E-state index contributed by atoms with van der Waals surface area (Å²) in [6.07, 6.45) is 3.27. The lowest BCUT2D eigenvalue weighted by Crippen LogP contribution is -2.46. The first-order valence-corrected chi connectivity index (χ1v) is 6.60. The molecule has 0 aliphatic carbocycles. The van der Waals surface area contributed by atoms with Crippen LogP contribution in [0.4, 0.5) is 0 Å². The second-order valence-corrected chi connectivity index (χ2v) is 5.01. The van der Waals surface area contributed by atoms with Gasteiger partial charge < -0.3 is 15.7 Å². The maximum absolute atomic E-state index is 11.7. The van der Waals surface area contributed by atoms with E-state index in [1.54, 1.807) is 0 Å². The Balaban J connectivity index is 2.46. The topological polar surface area (TPSA) is 108 Å². The molecule has 0 spiro atoms. The summed E-state index contributed by atoms with van der Waals surface area (Å²) in [4.78, 5) is 38.2. The highest BCUT2D eigenvalue weighted by atomic mass is 16.4. The summed E-state index contributed by atoms with van der Waals surface area (Å²) in [6, 6.07) is 2.09. The third-order valence-electron chi connectivity index (χ3n) is 2.69. The third-order valence-corrected chi connectivity index (χ3v) is 2.69. The van der Waals surface area contributed by atoms with Crippen LogP contribution in [0.15, 0.2) is 24.5 Å². The molecule has 114 valence electrons. The Morgan fingerprint density at radius 3 is 2.38 bits per heavy atom. The van der Waals surface area contributed by atoms with Crippen LogP contribution < -0.4 is 10.6 Å². The number of nitrogens with one attached hydrogen (secondary N) is 2. The first-order chi connectivity index (χ1) is 9.90. The number of aromatic nitrogens is 1. The van der Waals surface area contributed by atoms with Crippen LogP contribution in [0.2, 0.25) is 0 Å². The minimum absolute atomic E-state index is 0.137. The highest BCUT2D eigenvalue weighted by Crippen LogP contribution is 2.04. The van der Waals surface area contributed by atoms with Gasteiger partial charge in [0, 0.05) is 18.0 Å². The number of carbonyl (C=O) groups excluding carboxylic acids is 2. The van der Waals surface area contributed by atoms with Crippen molar-refractivity contribution in [1.29, 1.82) is 0 Å². The van der Waals surface area contributed by atoms with Crippen LogP contribution in [0.3, 0.4) is 0 Å². The van der Waals surface area contributed by atoms with Crippen LogP contribution in [0.1, 0.15) is 30.6 Å². The molecule has 1 heterocycles. The van der Waals surface area contributed by atoms with Crippen LogP contribution in [-0.2, 0) is 9.59 Å². The monoisotopic (exact) mass is 293 g/mol. The summed E-state index contributed by atoms with van der Waals surface area (Å²) in [5.74, 6) is -1.90. The van der Waals surface area contributed by atoms with E-state index in [0.717, 1.165) is 0 Å². The fraction of sp³-hybridized carbons (Fsp3) is 0.429. The minimum atomic E-state index is -1.09. The van der Waals surface area contributed by atoms with Crippen molar-refractivity contribution >= 4 is 17.8 Å². The van der Waals surface area contributed by atoms with Crippen LogP contribution in [0, 0.1) is 5.92 Å². The van der Waals surface area contributed by atoms with E-state index >= 15 is 0 Å². The lowest BCUT2D eigenvalue weighted by molar-refractivity contribution is -0.142. The maximum atomic E-state index is 11.7. The zero-order valence-electron chi connectivity index (χ0n) is 12.0. The minimum Gasteiger partial charge on any atom is -0.480 e. The maximum Gasteiger partial charge on any atom is 0.326 e. The molecule has 1 aromatic rings. The summed E-state index contributed by atoms with van der Waals surface area (Å²) in [6.45, 7) is 3.46. The molecule has 0 aliphatic rings. The van der Waals surface area contributed by atoms with Crippen molar-refractivity contribution in [2.24, 2.45) is 5.92 Å². The lowest BCUT2D eigenvalue weighted by atomic mass is 10.0. The molecule has 0 saturated carbocycles. The smallest absolute Gasteiger partial charge is 0.326 e. The molecule has 0 radical (unpaired) electrons. The Hall–Kier alpha value is -2.44. The molecular weight excluding hydrogens is 274 g/mol. The Morgan fingerprint density at radius 2 is 1.86 bits per heavy atom. The number of pyridine rings is 1. The predicted molar refractivity (Wildman–Crippen MR) is 75.6 cm³/mol. The van der Waals surface area contributed by atoms with Gasteiger partial charge in [-0.25, -0.2) is 4.79 Å². The molecular formula is C14H19N3O4. The van der Waals surface area contributed by atoms with Crippen LogP contribution in [0.5, 0.6) is 0 Å². The molecule has 2 amide bonds. The van der Waals surface area contributed by atoms with E-state index in [2.05, 4.69) is 15.6 Å². The van der Waals surface area contributed by atoms with Gasteiger partial charge >= 0.3 is 5.97 Å². The van der Waals surface area contributed by atoms with Crippen molar-refractivity contribution < 1.29 is 19.5 Å². The molecule has 0 unspecified atom stereocenters. The Labute approximate surface area is 122 Å². The lowest BCUT2D eigenvalue weighted by Gasteiger charge is -2.16. The number of amides is 2. The molecule has 0 aromatic carbocycles. The van der Waals surface area contributed by atoms with Gasteiger partial charge in [-0.05, 0) is 24.5 Å². The number of nitrogens with zero attached hydrogens (tertiary/aromatic N) is 1. The van der Waals surface area contributed by atoms with E-state index in [4.69, 9.17) is 5.11 Å². The van der Waals surface area contributed by atoms with E-state index in [9.17, 15) is 14.4 Å². The van der Waals surface area contributed by atoms with Crippen molar-refractivity contribution in [3.63, 3.8) is 0 Å². The van der Waals surface area contributed by atoms with Gasteiger partial charge in [-0.1, -0.05) is 13.8 Å².